The Morgan fingerprint density at radius 3 is 2.39 bits per heavy atom. The second kappa shape index (κ2) is 10.7. The molecule has 0 bridgehead atoms. The molecule has 1 aromatic heterocycles. The van der Waals surface area contributed by atoms with Crippen LogP contribution in [0.4, 0.5) is 0 Å². The van der Waals surface area contributed by atoms with Crippen LogP contribution in [0.15, 0.2) is 36.4 Å². The number of aromatic nitrogens is 2. The number of carbonyl (C=O) groups is 1. The molecule has 1 amide bonds. The van der Waals surface area contributed by atoms with Crippen LogP contribution in [0.1, 0.15) is 42.4 Å². The van der Waals surface area contributed by atoms with Crippen molar-refractivity contribution in [3.8, 4) is 17.2 Å². The minimum atomic E-state index is -0.201. The normalized spacial score (nSPS) is 10.8. The first-order valence-corrected chi connectivity index (χ1v) is 10.6. The molecule has 0 aliphatic carbocycles. The fourth-order valence-electron chi connectivity index (χ4n) is 3.69. The Kier molecular flexibility index (Phi) is 7.76. The SMILES string of the molecule is CCCCCn1c(CCNC(=O)c2cc(OC)c(OC)c(OC)c2)nc2ccccc21. The van der Waals surface area contributed by atoms with E-state index in [4.69, 9.17) is 19.2 Å². The Hall–Kier alpha value is -3.22. The number of hydrogen-bond acceptors (Lipinski definition) is 5. The Bertz CT molecular complexity index is 1000. The second-order valence-corrected chi connectivity index (χ2v) is 7.30. The molecule has 0 spiro atoms. The van der Waals surface area contributed by atoms with Crippen molar-refractivity contribution in [1.82, 2.24) is 14.9 Å². The summed E-state index contributed by atoms with van der Waals surface area (Å²) < 4.78 is 18.3. The standard InChI is InChI=1S/C24H31N3O4/c1-5-6-9-14-27-19-11-8-7-10-18(19)26-22(27)12-13-25-24(28)17-15-20(29-2)23(31-4)21(16-17)30-3/h7-8,10-11,15-16H,5-6,9,12-14H2,1-4H3,(H,25,28). The van der Waals surface area contributed by atoms with E-state index in [0.29, 0.717) is 35.8 Å². The number of aryl methyl sites for hydroxylation is 1. The van der Waals surface area contributed by atoms with Gasteiger partial charge in [0.2, 0.25) is 5.75 Å². The number of imidazole rings is 1. The van der Waals surface area contributed by atoms with Crippen LogP contribution in [0.2, 0.25) is 0 Å². The third-order valence-electron chi connectivity index (χ3n) is 5.28. The lowest BCUT2D eigenvalue weighted by atomic mass is 10.1. The molecular formula is C24H31N3O4. The number of hydrogen-bond donors (Lipinski definition) is 1. The first-order chi connectivity index (χ1) is 15.1. The zero-order valence-electron chi connectivity index (χ0n) is 18.7. The molecule has 0 aliphatic rings. The number of methoxy groups -OCH3 is 3. The van der Waals surface area contributed by atoms with Crippen molar-refractivity contribution in [3.05, 3.63) is 47.8 Å². The van der Waals surface area contributed by atoms with Gasteiger partial charge in [-0.05, 0) is 30.7 Å². The van der Waals surface area contributed by atoms with E-state index < -0.39 is 0 Å². The van der Waals surface area contributed by atoms with Gasteiger partial charge in [-0.25, -0.2) is 4.98 Å². The molecule has 2 aromatic carbocycles. The van der Waals surface area contributed by atoms with E-state index in [-0.39, 0.29) is 5.91 Å². The van der Waals surface area contributed by atoms with Crippen molar-refractivity contribution < 1.29 is 19.0 Å². The van der Waals surface area contributed by atoms with Gasteiger partial charge in [0.15, 0.2) is 11.5 Å². The van der Waals surface area contributed by atoms with Crippen molar-refractivity contribution in [2.75, 3.05) is 27.9 Å². The Labute approximate surface area is 183 Å². The highest BCUT2D eigenvalue weighted by molar-refractivity contribution is 5.95. The number of fused-ring (bicyclic) bond motifs is 1. The Balaban J connectivity index is 1.72. The van der Waals surface area contributed by atoms with Crippen LogP contribution in [-0.4, -0.2) is 43.3 Å². The molecule has 0 atom stereocenters. The van der Waals surface area contributed by atoms with Crippen LogP contribution in [0.25, 0.3) is 11.0 Å². The molecular weight excluding hydrogens is 394 g/mol. The molecule has 1 heterocycles. The number of benzene rings is 2. The predicted octanol–water partition coefficient (Wildman–Crippen LogP) is 4.22. The quantitative estimate of drug-likeness (QED) is 0.466. The van der Waals surface area contributed by atoms with Gasteiger partial charge in [0.05, 0.1) is 32.4 Å². The fourth-order valence-corrected chi connectivity index (χ4v) is 3.69. The van der Waals surface area contributed by atoms with Crippen LogP contribution >= 0.6 is 0 Å². The van der Waals surface area contributed by atoms with Gasteiger partial charge in [0, 0.05) is 25.1 Å². The summed E-state index contributed by atoms with van der Waals surface area (Å²) in [6, 6.07) is 11.5. The van der Waals surface area contributed by atoms with E-state index >= 15 is 0 Å². The van der Waals surface area contributed by atoms with Gasteiger partial charge in [-0.1, -0.05) is 31.9 Å². The number of nitrogens with zero attached hydrogens (tertiary/aromatic N) is 2. The summed E-state index contributed by atoms with van der Waals surface area (Å²) >= 11 is 0. The van der Waals surface area contributed by atoms with Gasteiger partial charge in [0.1, 0.15) is 5.82 Å². The third-order valence-corrected chi connectivity index (χ3v) is 5.28. The molecule has 7 heteroatoms. The first kappa shape index (κ1) is 22.5. The summed E-state index contributed by atoms with van der Waals surface area (Å²) in [4.78, 5) is 17.5. The summed E-state index contributed by atoms with van der Waals surface area (Å²) in [5.41, 5.74) is 2.58. The van der Waals surface area contributed by atoms with Crippen molar-refractivity contribution in [2.24, 2.45) is 0 Å². The highest BCUT2D eigenvalue weighted by Crippen LogP contribution is 2.38. The number of rotatable bonds is 11. The lowest BCUT2D eigenvalue weighted by Gasteiger charge is -2.14. The molecule has 3 rings (SSSR count). The zero-order valence-corrected chi connectivity index (χ0v) is 18.7. The summed E-state index contributed by atoms with van der Waals surface area (Å²) in [5, 5.41) is 2.98. The topological polar surface area (TPSA) is 74.6 Å². The largest absolute Gasteiger partial charge is 0.493 e. The second-order valence-electron chi connectivity index (χ2n) is 7.30. The summed E-state index contributed by atoms with van der Waals surface area (Å²) in [7, 11) is 4.59. The molecule has 0 unspecified atom stereocenters. The van der Waals surface area contributed by atoms with E-state index in [1.165, 1.54) is 34.2 Å². The minimum Gasteiger partial charge on any atom is -0.493 e. The van der Waals surface area contributed by atoms with Crippen LogP contribution in [0.3, 0.4) is 0 Å². The molecule has 3 aromatic rings. The lowest BCUT2D eigenvalue weighted by Crippen LogP contribution is -2.26. The highest BCUT2D eigenvalue weighted by Gasteiger charge is 2.17. The number of unbranched alkanes of at least 4 members (excludes halogenated alkanes) is 2. The van der Waals surface area contributed by atoms with Crippen LogP contribution in [-0.2, 0) is 13.0 Å². The lowest BCUT2D eigenvalue weighted by molar-refractivity contribution is 0.0953. The maximum absolute atomic E-state index is 12.7. The molecule has 0 fully saturated rings. The summed E-state index contributed by atoms with van der Waals surface area (Å²) in [5.74, 6) is 2.15. The van der Waals surface area contributed by atoms with Gasteiger partial charge in [-0.3, -0.25) is 4.79 Å². The van der Waals surface area contributed by atoms with Crippen molar-refractivity contribution in [1.29, 1.82) is 0 Å². The van der Waals surface area contributed by atoms with E-state index in [1.807, 2.05) is 18.2 Å². The molecule has 0 saturated carbocycles. The zero-order chi connectivity index (χ0) is 22.2. The van der Waals surface area contributed by atoms with E-state index in [1.54, 1.807) is 12.1 Å². The Morgan fingerprint density at radius 2 is 1.74 bits per heavy atom. The third kappa shape index (κ3) is 5.10. The maximum atomic E-state index is 12.7. The van der Waals surface area contributed by atoms with Crippen LogP contribution < -0.4 is 19.5 Å². The smallest absolute Gasteiger partial charge is 0.251 e. The molecule has 0 aliphatic heterocycles. The van der Waals surface area contributed by atoms with E-state index in [9.17, 15) is 4.79 Å². The van der Waals surface area contributed by atoms with E-state index in [0.717, 1.165) is 29.8 Å². The first-order valence-electron chi connectivity index (χ1n) is 10.6. The van der Waals surface area contributed by atoms with Gasteiger partial charge >= 0.3 is 0 Å². The Morgan fingerprint density at radius 1 is 1.03 bits per heavy atom. The van der Waals surface area contributed by atoms with Crippen LogP contribution in [0, 0.1) is 0 Å². The van der Waals surface area contributed by atoms with Gasteiger partial charge in [-0.2, -0.15) is 0 Å². The average molecular weight is 426 g/mol. The van der Waals surface area contributed by atoms with Crippen molar-refractivity contribution in [2.45, 2.75) is 39.2 Å². The number of amides is 1. The van der Waals surface area contributed by atoms with Gasteiger partial charge in [0.25, 0.3) is 5.91 Å². The molecule has 0 saturated heterocycles. The number of para-hydroxylation sites is 2. The van der Waals surface area contributed by atoms with Crippen LogP contribution in [0.5, 0.6) is 17.2 Å². The summed E-state index contributed by atoms with van der Waals surface area (Å²) in [6.07, 6.45) is 4.12. The predicted molar refractivity (Wildman–Crippen MR) is 121 cm³/mol. The maximum Gasteiger partial charge on any atom is 0.251 e. The minimum absolute atomic E-state index is 0.201. The number of ether oxygens (including phenoxy) is 3. The molecule has 166 valence electrons. The van der Waals surface area contributed by atoms with Crippen molar-refractivity contribution >= 4 is 16.9 Å². The average Bonchev–Trinajstić information content (AvgIpc) is 3.15. The molecule has 31 heavy (non-hydrogen) atoms. The molecule has 7 nitrogen and oxygen atoms in total. The van der Waals surface area contributed by atoms with E-state index in [2.05, 4.69) is 22.9 Å². The number of carbonyl (C=O) groups excluding carboxylic acids is 1. The van der Waals surface area contributed by atoms with Gasteiger partial charge < -0.3 is 24.1 Å². The molecule has 1 N–H and O–H groups in total. The van der Waals surface area contributed by atoms with Crippen molar-refractivity contribution in [3.63, 3.8) is 0 Å². The highest BCUT2D eigenvalue weighted by atomic mass is 16.5. The monoisotopic (exact) mass is 425 g/mol. The number of nitrogens with one attached hydrogen (secondary N) is 1. The molecule has 0 radical (unpaired) electrons. The summed E-state index contributed by atoms with van der Waals surface area (Å²) in [6.45, 7) is 3.61. The fraction of sp³-hybridized carbons (Fsp3) is 0.417. The van der Waals surface area contributed by atoms with Gasteiger partial charge in [-0.15, -0.1) is 0 Å².